The standard InChI is InChI=1S/C14H26FP/c1-9-3-5-11(6-4-9)12-7-13(15)10(2)14(16)8-12/h9-14H,3-8,16H2,1-2H3. The minimum absolute atomic E-state index is 0.253. The van der Waals surface area contributed by atoms with Crippen molar-refractivity contribution < 1.29 is 4.39 Å². The summed E-state index contributed by atoms with van der Waals surface area (Å²) in [7, 11) is 2.88. The Labute approximate surface area is 102 Å². The van der Waals surface area contributed by atoms with Crippen LogP contribution < -0.4 is 0 Å². The topological polar surface area (TPSA) is 0 Å². The highest BCUT2D eigenvalue weighted by Gasteiger charge is 2.37. The fourth-order valence-corrected chi connectivity index (χ4v) is 4.17. The van der Waals surface area contributed by atoms with Gasteiger partial charge in [-0.3, -0.25) is 0 Å². The van der Waals surface area contributed by atoms with Gasteiger partial charge in [-0.15, -0.1) is 9.24 Å². The Morgan fingerprint density at radius 3 is 2.12 bits per heavy atom. The summed E-state index contributed by atoms with van der Waals surface area (Å²) in [6.45, 7) is 4.43. The molecule has 94 valence electrons. The van der Waals surface area contributed by atoms with Crippen LogP contribution in [0, 0.1) is 23.7 Å². The van der Waals surface area contributed by atoms with Gasteiger partial charge >= 0.3 is 0 Å². The van der Waals surface area contributed by atoms with Crippen LogP contribution in [0.15, 0.2) is 0 Å². The lowest BCUT2D eigenvalue weighted by molar-refractivity contribution is 0.0898. The van der Waals surface area contributed by atoms with Crippen LogP contribution in [0.5, 0.6) is 0 Å². The zero-order valence-electron chi connectivity index (χ0n) is 10.7. The Morgan fingerprint density at radius 2 is 1.56 bits per heavy atom. The zero-order chi connectivity index (χ0) is 11.7. The van der Waals surface area contributed by atoms with E-state index in [0.29, 0.717) is 11.6 Å². The summed E-state index contributed by atoms with van der Waals surface area (Å²) in [5, 5.41) is 0. The van der Waals surface area contributed by atoms with Gasteiger partial charge in [0.2, 0.25) is 0 Å². The monoisotopic (exact) mass is 244 g/mol. The molecule has 0 aromatic heterocycles. The van der Waals surface area contributed by atoms with Crippen LogP contribution in [0.3, 0.4) is 0 Å². The molecule has 0 N–H and O–H groups in total. The van der Waals surface area contributed by atoms with Gasteiger partial charge in [0.25, 0.3) is 0 Å². The minimum atomic E-state index is -0.555. The quantitative estimate of drug-likeness (QED) is 0.598. The van der Waals surface area contributed by atoms with Crippen molar-refractivity contribution in [1.82, 2.24) is 0 Å². The molecular formula is C14H26FP. The summed E-state index contributed by atoms with van der Waals surface area (Å²) in [5.74, 6) is 2.65. The van der Waals surface area contributed by atoms with Gasteiger partial charge in [-0.1, -0.05) is 26.7 Å². The summed E-state index contributed by atoms with van der Waals surface area (Å²) < 4.78 is 13.9. The van der Waals surface area contributed by atoms with Crippen molar-refractivity contribution >= 4 is 9.24 Å². The second-order valence-electron chi connectivity index (χ2n) is 6.29. The molecule has 5 atom stereocenters. The van der Waals surface area contributed by atoms with Crippen molar-refractivity contribution in [2.45, 2.75) is 64.2 Å². The minimum Gasteiger partial charge on any atom is -0.247 e. The van der Waals surface area contributed by atoms with Gasteiger partial charge < -0.3 is 0 Å². The molecule has 0 aromatic carbocycles. The van der Waals surface area contributed by atoms with E-state index >= 15 is 0 Å². The number of hydrogen-bond donors (Lipinski definition) is 0. The lowest BCUT2D eigenvalue weighted by Gasteiger charge is -2.40. The largest absolute Gasteiger partial charge is 0.247 e. The molecule has 2 aliphatic carbocycles. The smallest absolute Gasteiger partial charge is 0.104 e. The molecular weight excluding hydrogens is 218 g/mol. The zero-order valence-corrected chi connectivity index (χ0v) is 11.8. The van der Waals surface area contributed by atoms with Crippen molar-refractivity contribution in [2.75, 3.05) is 0 Å². The summed E-state index contributed by atoms with van der Waals surface area (Å²) in [4.78, 5) is 0. The van der Waals surface area contributed by atoms with Crippen molar-refractivity contribution in [3.63, 3.8) is 0 Å². The Balaban J connectivity index is 1.90. The van der Waals surface area contributed by atoms with Gasteiger partial charge in [0.1, 0.15) is 6.17 Å². The Kier molecular flexibility index (Phi) is 4.27. The molecule has 2 heteroatoms. The van der Waals surface area contributed by atoms with Crippen molar-refractivity contribution in [2.24, 2.45) is 23.7 Å². The Morgan fingerprint density at radius 1 is 0.938 bits per heavy atom. The number of halogens is 1. The molecule has 2 rings (SSSR count). The van der Waals surface area contributed by atoms with E-state index in [1.54, 1.807) is 0 Å². The third kappa shape index (κ3) is 2.78. The summed E-state index contributed by atoms with van der Waals surface area (Å²) in [5.41, 5.74) is 0.507. The van der Waals surface area contributed by atoms with E-state index in [4.69, 9.17) is 0 Å². The van der Waals surface area contributed by atoms with Crippen molar-refractivity contribution in [1.29, 1.82) is 0 Å². The molecule has 0 amide bonds. The normalized spacial score (nSPS) is 50.2. The third-order valence-electron chi connectivity index (χ3n) is 5.08. The molecule has 0 spiro atoms. The maximum Gasteiger partial charge on any atom is 0.104 e. The molecule has 5 unspecified atom stereocenters. The van der Waals surface area contributed by atoms with Crippen LogP contribution >= 0.6 is 9.24 Å². The lowest BCUT2D eigenvalue weighted by atomic mass is 9.69. The van der Waals surface area contributed by atoms with Gasteiger partial charge in [-0.25, -0.2) is 4.39 Å². The fourth-order valence-electron chi connectivity index (χ4n) is 3.57. The highest BCUT2D eigenvalue weighted by molar-refractivity contribution is 7.17. The van der Waals surface area contributed by atoms with Crippen LogP contribution in [-0.2, 0) is 0 Å². The first-order valence-corrected chi connectivity index (χ1v) is 7.64. The Hall–Kier alpha value is 0.360. The maximum atomic E-state index is 13.9. The van der Waals surface area contributed by atoms with Gasteiger partial charge in [0.15, 0.2) is 0 Å². The van der Waals surface area contributed by atoms with Crippen LogP contribution in [-0.4, -0.2) is 11.8 Å². The predicted molar refractivity (Wildman–Crippen MR) is 71.4 cm³/mol. The molecule has 0 bridgehead atoms. The van der Waals surface area contributed by atoms with Crippen molar-refractivity contribution in [3.05, 3.63) is 0 Å². The molecule has 16 heavy (non-hydrogen) atoms. The first kappa shape index (κ1) is 12.8. The van der Waals surface area contributed by atoms with Crippen LogP contribution in [0.2, 0.25) is 0 Å². The lowest BCUT2D eigenvalue weighted by Crippen LogP contribution is -2.36. The van der Waals surface area contributed by atoms with E-state index in [1.165, 1.54) is 32.1 Å². The van der Waals surface area contributed by atoms with E-state index in [-0.39, 0.29) is 5.92 Å². The molecule has 2 aliphatic rings. The average Bonchev–Trinajstić information content (AvgIpc) is 2.26. The maximum absolute atomic E-state index is 13.9. The van der Waals surface area contributed by atoms with Crippen molar-refractivity contribution in [3.8, 4) is 0 Å². The molecule has 0 heterocycles. The first-order valence-electron chi connectivity index (χ1n) is 6.97. The number of alkyl halides is 1. The van der Waals surface area contributed by atoms with Crippen LogP contribution in [0.4, 0.5) is 4.39 Å². The molecule has 0 nitrogen and oxygen atoms in total. The second-order valence-corrected chi connectivity index (χ2v) is 7.15. The Bertz CT molecular complexity index is 211. The van der Waals surface area contributed by atoms with Gasteiger partial charge in [0, 0.05) is 0 Å². The summed E-state index contributed by atoms with van der Waals surface area (Å²) in [6, 6.07) is 0. The molecule has 0 aromatic rings. The summed E-state index contributed by atoms with van der Waals surface area (Å²) in [6.07, 6.45) is 6.97. The SMILES string of the molecule is CC1CCC(C2CC(F)C(C)C(P)C2)CC1. The predicted octanol–water partition coefficient (Wildman–Crippen LogP) is 4.44. The number of hydrogen-bond acceptors (Lipinski definition) is 0. The van der Waals surface area contributed by atoms with Crippen LogP contribution in [0.25, 0.3) is 0 Å². The average molecular weight is 244 g/mol. The van der Waals surface area contributed by atoms with Gasteiger partial charge in [0.05, 0.1) is 0 Å². The summed E-state index contributed by atoms with van der Waals surface area (Å²) >= 11 is 0. The van der Waals surface area contributed by atoms with E-state index < -0.39 is 6.17 Å². The second kappa shape index (κ2) is 5.34. The van der Waals surface area contributed by atoms with E-state index in [9.17, 15) is 4.39 Å². The van der Waals surface area contributed by atoms with E-state index in [0.717, 1.165) is 18.3 Å². The van der Waals surface area contributed by atoms with Gasteiger partial charge in [-0.05, 0) is 55.0 Å². The van der Waals surface area contributed by atoms with E-state index in [2.05, 4.69) is 23.1 Å². The highest BCUT2D eigenvalue weighted by atomic mass is 31.0. The van der Waals surface area contributed by atoms with E-state index in [1.807, 2.05) is 0 Å². The molecule has 0 aliphatic heterocycles. The molecule has 0 saturated heterocycles. The van der Waals surface area contributed by atoms with Crippen LogP contribution in [0.1, 0.15) is 52.4 Å². The molecule has 2 saturated carbocycles. The fraction of sp³-hybridized carbons (Fsp3) is 1.00. The molecule has 0 radical (unpaired) electrons. The third-order valence-corrected chi connectivity index (χ3v) is 5.96. The number of rotatable bonds is 1. The molecule has 2 fully saturated rings. The van der Waals surface area contributed by atoms with Gasteiger partial charge in [-0.2, -0.15) is 0 Å². The highest BCUT2D eigenvalue weighted by Crippen LogP contribution is 2.44. The first-order chi connectivity index (χ1) is 7.58.